The molecule has 3 nitrogen and oxygen atoms in total. The van der Waals surface area contributed by atoms with Crippen LogP contribution in [0.25, 0.3) is 0 Å². The summed E-state index contributed by atoms with van der Waals surface area (Å²) >= 11 is 7.55. The zero-order chi connectivity index (χ0) is 14.1. The van der Waals surface area contributed by atoms with Crippen LogP contribution in [0.5, 0.6) is 0 Å². The van der Waals surface area contributed by atoms with Crippen molar-refractivity contribution in [3.63, 3.8) is 0 Å². The van der Waals surface area contributed by atoms with Gasteiger partial charge >= 0.3 is 0 Å². The molecule has 1 aromatic carbocycles. The van der Waals surface area contributed by atoms with Crippen LogP contribution in [0, 0.1) is 0 Å². The third-order valence-corrected chi connectivity index (χ3v) is 4.70. The van der Waals surface area contributed by atoms with Gasteiger partial charge in [0.2, 0.25) is 0 Å². The van der Waals surface area contributed by atoms with Crippen molar-refractivity contribution in [3.8, 4) is 0 Å². The number of rotatable bonds is 3. The highest BCUT2D eigenvalue weighted by Crippen LogP contribution is 2.29. The van der Waals surface area contributed by atoms with Crippen molar-refractivity contribution in [2.24, 2.45) is 5.10 Å². The van der Waals surface area contributed by atoms with Gasteiger partial charge in [0.25, 0.3) is 0 Å². The number of thiophene rings is 1. The molecule has 0 bridgehead atoms. The zero-order valence-corrected chi connectivity index (χ0v) is 13.0. The second kappa shape index (κ2) is 5.46. The Bertz CT molecular complexity index is 631. The molecule has 2 heterocycles. The molecule has 0 aliphatic carbocycles. The molecule has 0 fully saturated rings. The van der Waals surface area contributed by atoms with E-state index in [0.29, 0.717) is 0 Å². The summed E-state index contributed by atoms with van der Waals surface area (Å²) in [4.78, 5) is 3.25. The van der Waals surface area contributed by atoms with Crippen LogP contribution in [0.3, 0.4) is 0 Å². The van der Waals surface area contributed by atoms with Crippen molar-refractivity contribution in [2.75, 3.05) is 19.0 Å². The van der Waals surface area contributed by atoms with Gasteiger partial charge in [-0.1, -0.05) is 23.7 Å². The molecular weight excluding hydrogens is 290 g/mol. The van der Waals surface area contributed by atoms with Crippen molar-refractivity contribution in [1.82, 2.24) is 5.43 Å². The smallest absolute Gasteiger partial charge is 0.0935 e. The minimum Gasteiger partial charge on any atom is -0.378 e. The highest BCUT2D eigenvalue weighted by molar-refractivity contribution is 7.18. The molecule has 0 saturated carbocycles. The molecule has 20 heavy (non-hydrogen) atoms. The van der Waals surface area contributed by atoms with Crippen LogP contribution in [0.1, 0.15) is 22.9 Å². The zero-order valence-electron chi connectivity index (χ0n) is 11.4. The maximum Gasteiger partial charge on any atom is 0.0935 e. The number of halogens is 1. The van der Waals surface area contributed by atoms with Crippen molar-refractivity contribution in [3.05, 3.63) is 51.2 Å². The molecular formula is C15H16ClN3S. The molecule has 3 rings (SSSR count). The van der Waals surface area contributed by atoms with E-state index in [0.717, 1.165) is 21.3 Å². The molecule has 1 aliphatic rings. The van der Waals surface area contributed by atoms with E-state index in [1.54, 1.807) is 11.3 Å². The maximum absolute atomic E-state index is 5.98. The average molecular weight is 306 g/mol. The molecule has 1 atom stereocenters. The Morgan fingerprint density at radius 2 is 1.95 bits per heavy atom. The average Bonchev–Trinajstić information content (AvgIpc) is 3.07. The van der Waals surface area contributed by atoms with Crippen LogP contribution in [0.15, 0.2) is 41.5 Å². The number of hydrazone groups is 1. The minimum atomic E-state index is 0.252. The van der Waals surface area contributed by atoms with Crippen LogP contribution in [-0.4, -0.2) is 19.8 Å². The number of anilines is 1. The van der Waals surface area contributed by atoms with E-state index >= 15 is 0 Å². The van der Waals surface area contributed by atoms with Crippen LogP contribution in [-0.2, 0) is 0 Å². The fourth-order valence-corrected chi connectivity index (χ4v) is 3.30. The number of nitrogens with zero attached hydrogens (tertiary/aromatic N) is 2. The molecule has 104 valence electrons. The molecule has 2 aromatic rings. The van der Waals surface area contributed by atoms with Gasteiger partial charge in [-0.15, -0.1) is 11.3 Å². The first-order valence-corrected chi connectivity index (χ1v) is 7.68. The van der Waals surface area contributed by atoms with Gasteiger partial charge in [0.15, 0.2) is 0 Å². The molecule has 1 aliphatic heterocycles. The van der Waals surface area contributed by atoms with Crippen molar-refractivity contribution < 1.29 is 0 Å². The van der Waals surface area contributed by atoms with E-state index in [-0.39, 0.29) is 6.04 Å². The molecule has 0 radical (unpaired) electrons. The second-order valence-electron chi connectivity index (χ2n) is 5.03. The van der Waals surface area contributed by atoms with E-state index < -0.39 is 0 Å². The Morgan fingerprint density at radius 3 is 2.55 bits per heavy atom. The lowest BCUT2D eigenvalue weighted by Crippen LogP contribution is -2.11. The van der Waals surface area contributed by atoms with Crippen LogP contribution >= 0.6 is 22.9 Å². The minimum absolute atomic E-state index is 0.252. The normalized spacial score (nSPS) is 17.8. The van der Waals surface area contributed by atoms with E-state index in [1.165, 1.54) is 11.3 Å². The first kappa shape index (κ1) is 13.5. The highest BCUT2D eigenvalue weighted by Gasteiger charge is 2.22. The van der Waals surface area contributed by atoms with Gasteiger partial charge in [-0.05, 0) is 29.8 Å². The van der Waals surface area contributed by atoms with Gasteiger partial charge in [-0.2, -0.15) is 5.10 Å². The van der Waals surface area contributed by atoms with Crippen LogP contribution in [0.2, 0.25) is 4.34 Å². The SMILES string of the molecule is CN(C)c1ccc(C2CC(c3ccc(Cl)s3)=NN2)cc1. The lowest BCUT2D eigenvalue weighted by atomic mass is 10.0. The first-order valence-electron chi connectivity index (χ1n) is 6.48. The van der Waals surface area contributed by atoms with Crippen molar-refractivity contribution >= 4 is 34.3 Å². The van der Waals surface area contributed by atoms with E-state index in [4.69, 9.17) is 11.6 Å². The van der Waals surface area contributed by atoms with E-state index in [2.05, 4.69) is 39.7 Å². The number of hydrogen-bond acceptors (Lipinski definition) is 4. The summed E-state index contributed by atoms with van der Waals surface area (Å²) in [6, 6.07) is 12.8. The number of hydrogen-bond donors (Lipinski definition) is 1. The Morgan fingerprint density at radius 1 is 1.20 bits per heavy atom. The summed E-state index contributed by atoms with van der Waals surface area (Å²) in [5.41, 5.74) is 6.77. The largest absolute Gasteiger partial charge is 0.378 e. The summed E-state index contributed by atoms with van der Waals surface area (Å²) in [6.07, 6.45) is 0.901. The maximum atomic E-state index is 5.98. The van der Waals surface area contributed by atoms with Crippen molar-refractivity contribution in [1.29, 1.82) is 0 Å². The Balaban J connectivity index is 1.72. The lowest BCUT2D eigenvalue weighted by molar-refractivity contribution is 0.620. The van der Waals surface area contributed by atoms with Gasteiger partial charge in [0.1, 0.15) is 0 Å². The summed E-state index contributed by atoms with van der Waals surface area (Å²) in [7, 11) is 4.09. The predicted molar refractivity (Wildman–Crippen MR) is 87.1 cm³/mol. The Kier molecular flexibility index (Phi) is 3.68. The standard InChI is InChI=1S/C15H16ClN3S/c1-19(2)11-5-3-10(4-6-11)12-9-13(18-17-12)14-7-8-15(16)20-14/h3-8,12,17H,9H2,1-2H3. The molecule has 0 amide bonds. The quantitative estimate of drug-likeness (QED) is 0.931. The number of nitrogens with one attached hydrogen (secondary N) is 1. The van der Waals surface area contributed by atoms with Crippen LogP contribution < -0.4 is 10.3 Å². The predicted octanol–water partition coefficient (Wildman–Crippen LogP) is 3.91. The van der Waals surface area contributed by atoms with Gasteiger partial charge in [0, 0.05) is 26.2 Å². The monoisotopic (exact) mass is 305 g/mol. The molecule has 0 spiro atoms. The fraction of sp³-hybridized carbons (Fsp3) is 0.267. The van der Waals surface area contributed by atoms with Gasteiger partial charge in [-0.3, -0.25) is 0 Å². The highest BCUT2D eigenvalue weighted by atomic mass is 35.5. The third kappa shape index (κ3) is 2.67. The van der Waals surface area contributed by atoms with Crippen molar-refractivity contribution in [2.45, 2.75) is 12.5 Å². The molecule has 1 unspecified atom stereocenters. The molecule has 0 saturated heterocycles. The molecule has 1 N–H and O–H groups in total. The fourth-order valence-electron chi connectivity index (χ4n) is 2.26. The topological polar surface area (TPSA) is 27.6 Å². The Hall–Kier alpha value is -1.52. The summed E-state index contributed by atoms with van der Waals surface area (Å²) < 4.78 is 0.807. The van der Waals surface area contributed by atoms with Gasteiger partial charge in [0.05, 0.1) is 21.0 Å². The Labute approximate surface area is 127 Å². The molecule has 5 heteroatoms. The van der Waals surface area contributed by atoms with E-state index in [9.17, 15) is 0 Å². The van der Waals surface area contributed by atoms with E-state index in [1.807, 2.05) is 26.2 Å². The van der Waals surface area contributed by atoms with Crippen LogP contribution in [0.4, 0.5) is 5.69 Å². The summed E-state index contributed by atoms with van der Waals surface area (Å²) in [6.45, 7) is 0. The first-order chi connectivity index (χ1) is 9.63. The molecule has 1 aromatic heterocycles. The second-order valence-corrected chi connectivity index (χ2v) is 6.75. The third-order valence-electron chi connectivity index (χ3n) is 3.42. The van der Waals surface area contributed by atoms with Gasteiger partial charge < -0.3 is 10.3 Å². The number of benzene rings is 1. The lowest BCUT2D eigenvalue weighted by Gasteiger charge is -2.15. The summed E-state index contributed by atoms with van der Waals surface area (Å²) in [5.74, 6) is 0. The van der Waals surface area contributed by atoms with Gasteiger partial charge in [-0.25, -0.2) is 0 Å². The summed E-state index contributed by atoms with van der Waals surface area (Å²) in [5, 5.41) is 4.44.